The van der Waals surface area contributed by atoms with Crippen LogP contribution in [0, 0.1) is 6.92 Å². The summed E-state index contributed by atoms with van der Waals surface area (Å²) in [6, 6.07) is 18.4. The van der Waals surface area contributed by atoms with Gasteiger partial charge in [0, 0.05) is 43.4 Å². The van der Waals surface area contributed by atoms with Crippen molar-refractivity contribution in [3.8, 4) is 11.3 Å². The second-order valence-corrected chi connectivity index (χ2v) is 8.19. The van der Waals surface area contributed by atoms with Gasteiger partial charge in [-0.25, -0.2) is 9.97 Å². The monoisotopic (exact) mass is 400 g/mol. The molecule has 0 bridgehead atoms. The number of nitrogens with zero attached hydrogens (tertiary/aromatic N) is 4. The van der Waals surface area contributed by atoms with Crippen molar-refractivity contribution in [2.75, 3.05) is 31.1 Å². The molecule has 1 amide bonds. The average Bonchev–Trinajstić information content (AvgIpc) is 2.79. The van der Waals surface area contributed by atoms with Crippen molar-refractivity contribution in [2.24, 2.45) is 0 Å². The van der Waals surface area contributed by atoms with Gasteiger partial charge in [-0.15, -0.1) is 0 Å². The minimum atomic E-state index is 0.105. The summed E-state index contributed by atoms with van der Waals surface area (Å²) in [5.41, 5.74) is 5.24. The first-order valence-corrected chi connectivity index (χ1v) is 10.5. The molecule has 0 spiro atoms. The fourth-order valence-electron chi connectivity index (χ4n) is 3.81. The zero-order chi connectivity index (χ0) is 21.1. The molecule has 1 fully saturated rings. The Morgan fingerprint density at radius 2 is 1.67 bits per heavy atom. The molecule has 4 rings (SSSR count). The maximum Gasteiger partial charge on any atom is 0.253 e. The van der Waals surface area contributed by atoms with Gasteiger partial charge in [0.05, 0.1) is 5.69 Å². The van der Waals surface area contributed by atoms with E-state index in [-0.39, 0.29) is 5.91 Å². The molecule has 0 aliphatic carbocycles. The van der Waals surface area contributed by atoms with Crippen LogP contribution in [0.1, 0.15) is 41.3 Å². The van der Waals surface area contributed by atoms with Crippen molar-refractivity contribution < 1.29 is 4.79 Å². The normalized spacial score (nSPS) is 14.3. The molecule has 0 unspecified atom stereocenters. The van der Waals surface area contributed by atoms with E-state index in [1.807, 2.05) is 29.2 Å². The highest BCUT2D eigenvalue weighted by atomic mass is 16.2. The van der Waals surface area contributed by atoms with E-state index < -0.39 is 0 Å². The molecule has 154 valence electrons. The number of hydrogen-bond acceptors (Lipinski definition) is 4. The van der Waals surface area contributed by atoms with Gasteiger partial charge in [-0.2, -0.15) is 0 Å². The van der Waals surface area contributed by atoms with Crippen molar-refractivity contribution in [3.63, 3.8) is 0 Å². The molecule has 3 aromatic rings. The molecular weight excluding hydrogens is 372 g/mol. The Morgan fingerprint density at radius 3 is 2.33 bits per heavy atom. The third-order valence-electron chi connectivity index (χ3n) is 5.68. The Balaban J connectivity index is 1.42. The zero-order valence-electron chi connectivity index (χ0n) is 17.9. The third kappa shape index (κ3) is 4.35. The van der Waals surface area contributed by atoms with Crippen molar-refractivity contribution in [1.29, 1.82) is 0 Å². The number of aromatic nitrogens is 2. The largest absolute Gasteiger partial charge is 0.353 e. The summed E-state index contributed by atoms with van der Waals surface area (Å²) < 4.78 is 0. The highest BCUT2D eigenvalue weighted by molar-refractivity contribution is 5.94. The van der Waals surface area contributed by atoms with Crippen LogP contribution < -0.4 is 4.90 Å². The quantitative estimate of drug-likeness (QED) is 0.645. The van der Waals surface area contributed by atoms with E-state index in [9.17, 15) is 4.79 Å². The predicted octanol–water partition coefficient (Wildman–Crippen LogP) is 4.54. The van der Waals surface area contributed by atoms with Crippen LogP contribution in [0.4, 0.5) is 5.82 Å². The van der Waals surface area contributed by atoms with Crippen LogP contribution >= 0.6 is 0 Å². The van der Waals surface area contributed by atoms with E-state index in [1.165, 1.54) is 11.1 Å². The van der Waals surface area contributed by atoms with Crippen molar-refractivity contribution >= 4 is 11.7 Å². The first-order valence-electron chi connectivity index (χ1n) is 10.5. The molecule has 30 heavy (non-hydrogen) atoms. The van der Waals surface area contributed by atoms with Gasteiger partial charge >= 0.3 is 0 Å². The maximum atomic E-state index is 12.9. The highest BCUT2D eigenvalue weighted by Gasteiger charge is 2.23. The average molecular weight is 401 g/mol. The summed E-state index contributed by atoms with van der Waals surface area (Å²) in [6.07, 6.45) is 1.63. The summed E-state index contributed by atoms with van der Waals surface area (Å²) in [6.45, 7) is 9.31. The lowest BCUT2D eigenvalue weighted by Crippen LogP contribution is -2.49. The minimum absolute atomic E-state index is 0.105. The molecule has 0 atom stereocenters. The van der Waals surface area contributed by atoms with E-state index >= 15 is 0 Å². The Bertz CT molecular complexity index is 1020. The Labute approximate surface area is 178 Å². The van der Waals surface area contributed by atoms with Crippen LogP contribution in [-0.2, 0) is 0 Å². The minimum Gasteiger partial charge on any atom is -0.353 e. The van der Waals surface area contributed by atoms with Crippen molar-refractivity contribution in [2.45, 2.75) is 26.7 Å². The number of hydrogen-bond donors (Lipinski definition) is 0. The van der Waals surface area contributed by atoms with Gasteiger partial charge < -0.3 is 9.80 Å². The third-order valence-corrected chi connectivity index (χ3v) is 5.68. The number of carbonyl (C=O) groups is 1. The molecule has 5 heteroatoms. The number of rotatable bonds is 4. The van der Waals surface area contributed by atoms with E-state index in [0.717, 1.165) is 35.7 Å². The second kappa shape index (κ2) is 8.66. The first-order chi connectivity index (χ1) is 14.5. The van der Waals surface area contributed by atoms with Gasteiger partial charge in [0.2, 0.25) is 0 Å². The van der Waals surface area contributed by atoms with Crippen molar-refractivity contribution in [1.82, 2.24) is 14.9 Å². The zero-order valence-corrected chi connectivity index (χ0v) is 17.9. The highest BCUT2D eigenvalue weighted by Crippen LogP contribution is 2.23. The van der Waals surface area contributed by atoms with Crippen LogP contribution in [0.2, 0.25) is 0 Å². The topological polar surface area (TPSA) is 49.3 Å². The molecule has 5 nitrogen and oxygen atoms in total. The summed E-state index contributed by atoms with van der Waals surface area (Å²) >= 11 is 0. The van der Waals surface area contributed by atoms with Crippen LogP contribution in [0.3, 0.4) is 0 Å². The van der Waals surface area contributed by atoms with Crippen LogP contribution in [0.25, 0.3) is 11.3 Å². The van der Waals surface area contributed by atoms with E-state index in [4.69, 9.17) is 0 Å². The smallest absolute Gasteiger partial charge is 0.253 e. The molecule has 1 aliphatic heterocycles. The molecule has 1 saturated heterocycles. The van der Waals surface area contributed by atoms with Crippen molar-refractivity contribution in [3.05, 3.63) is 77.6 Å². The first kappa shape index (κ1) is 20.1. The molecule has 1 aromatic heterocycles. The number of piperazine rings is 1. The summed E-state index contributed by atoms with van der Waals surface area (Å²) in [4.78, 5) is 26.0. The Kier molecular flexibility index (Phi) is 5.79. The molecule has 0 saturated carbocycles. The maximum absolute atomic E-state index is 12.9. The van der Waals surface area contributed by atoms with Crippen LogP contribution in [0.5, 0.6) is 0 Å². The van der Waals surface area contributed by atoms with Gasteiger partial charge in [-0.1, -0.05) is 49.7 Å². The lowest BCUT2D eigenvalue weighted by molar-refractivity contribution is 0.0746. The molecule has 0 radical (unpaired) electrons. The lowest BCUT2D eigenvalue weighted by atomic mass is 10.0. The number of benzene rings is 2. The van der Waals surface area contributed by atoms with Gasteiger partial charge in [-0.05, 0) is 36.6 Å². The van der Waals surface area contributed by atoms with E-state index in [1.54, 1.807) is 6.33 Å². The number of carbonyl (C=O) groups excluding carboxylic acids is 1. The van der Waals surface area contributed by atoms with Gasteiger partial charge in [0.15, 0.2) is 0 Å². The predicted molar refractivity (Wildman–Crippen MR) is 121 cm³/mol. The van der Waals surface area contributed by atoms with Gasteiger partial charge in [-0.3, -0.25) is 4.79 Å². The molecular formula is C25H28N4O. The molecule has 0 N–H and O–H groups in total. The number of aryl methyl sites for hydroxylation is 1. The Morgan fingerprint density at radius 1 is 0.933 bits per heavy atom. The van der Waals surface area contributed by atoms with Gasteiger partial charge in [0.1, 0.15) is 12.1 Å². The van der Waals surface area contributed by atoms with E-state index in [2.05, 4.69) is 66.0 Å². The summed E-state index contributed by atoms with van der Waals surface area (Å²) in [7, 11) is 0. The lowest BCUT2D eigenvalue weighted by Gasteiger charge is -2.35. The number of anilines is 1. The Hall–Kier alpha value is -3.21. The summed E-state index contributed by atoms with van der Waals surface area (Å²) in [5.74, 6) is 1.48. The molecule has 1 aliphatic rings. The standard InChI is InChI=1S/C25H28N4O/c1-18(2)20-7-9-21(10-8-20)25(30)29-13-11-28(12-14-29)24-16-23(26-17-27-24)22-6-4-5-19(3)15-22/h4-10,15-18H,11-14H2,1-3H3. The van der Waals surface area contributed by atoms with Crippen LogP contribution in [-0.4, -0.2) is 47.0 Å². The molecule has 2 aromatic carbocycles. The summed E-state index contributed by atoms with van der Waals surface area (Å²) in [5, 5.41) is 0. The second-order valence-electron chi connectivity index (χ2n) is 8.19. The fraction of sp³-hybridized carbons (Fsp3) is 0.320. The number of amides is 1. The SMILES string of the molecule is Cc1cccc(-c2cc(N3CCN(C(=O)c4ccc(C(C)C)cc4)CC3)ncn2)c1. The fourth-order valence-corrected chi connectivity index (χ4v) is 3.81. The molecule has 2 heterocycles. The van der Waals surface area contributed by atoms with E-state index in [0.29, 0.717) is 19.0 Å². The van der Waals surface area contributed by atoms with Gasteiger partial charge in [0.25, 0.3) is 5.91 Å². The van der Waals surface area contributed by atoms with Crippen LogP contribution in [0.15, 0.2) is 60.9 Å².